The van der Waals surface area contributed by atoms with Gasteiger partial charge < -0.3 is 11.1 Å². The molecule has 0 aliphatic rings. The highest BCUT2D eigenvalue weighted by Crippen LogP contribution is 2.22. The lowest BCUT2D eigenvalue weighted by molar-refractivity contribution is 0.628. The summed E-state index contributed by atoms with van der Waals surface area (Å²) in [4.78, 5) is 8.16. The number of aromatic nitrogens is 4. The molecule has 1 aromatic carbocycles. The van der Waals surface area contributed by atoms with Gasteiger partial charge in [-0.3, -0.25) is 0 Å². The molecule has 6 nitrogen and oxygen atoms in total. The summed E-state index contributed by atoms with van der Waals surface area (Å²) in [7, 11) is 0. The van der Waals surface area contributed by atoms with Gasteiger partial charge in [0.1, 0.15) is 11.6 Å². The summed E-state index contributed by atoms with van der Waals surface area (Å²) in [5.41, 5.74) is 6.27. The smallest absolute Gasteiger partial charge is 0.224 e. The van der Waals surface area contributed by atoms with Crippen LogP contribution >= 0.6 is 11.6 Å². The summed E-state index contributed by atoms with van der Waals surface area (Å²) < 4.78 is 14.7. The third-order valence-corrected chi connectivity index (χ3v) is 2.95. The molecule has 0 fully saturated rings. The first kappa shape index (κ1) is 13.3. The van der Waals surface area contributed by atoms with E-state index in [1.165, 1.54) is 12.1 Å². The molecular weight excluding hydrogens is 295 g/mol. The van der Waals surface area contributed by atoms with E-state index in [1.54, 1.807) is 35.3 Å². The van der Waals surface area contributed by atoms with Crippen LogP contribution in [0.1, 0.15) is 0 Å². The molecule has 8 heteroatoms. The molecule has 0 unspecified atom stereocenters. The molecule has 3 aromatic rings. The molecule has 3 rings (SSSR count). The predicted molar refractivity (Wildman–Crippen MR) is 78.3 cm³/mol. The monoisotopic (exact) mass is 304 g/mol. The lowest BCUT2D eigenvalue weighted by Gasteiger charge is -2.09. The number of rotatable bonds is 3. The van der Waals surface area contributed by atoms with Crippen LogP contribution in [0.2, 0.25) is 5.02 Å². The van der Waals surface area contributed by atoms with Gasteiger partial charge in [-0.1, -0.05) is 11.6 Å². The number of nitrogens with one attached hydrogen (secondary N) is 1. The van der Waals surface area contributed by atoms with Crippen LogP contribution in [0.15, 0.2) is 42.7 Å². The van der Waals surface area contributed by atoms with Crippen LogP contribution in [0.25, 0.3) is 5.82 Å². The first-order valence-electron chi connectivity index (χ1n) is 5.98. The second-order valence-corrected chi connectivity index (χ2v) is 4.58. The van der Waals surface area contributed by atoms with Crippen molar-refractivity contribution in [2.75, 3.05) is 11.1 Å². The van der Waals surface area contributed by atoms with Gasteiger partial charge >= 0.3 is 0 Å². The van der Waals surface area contributed by atoms with E-state index in [-0.39, 0.29) is 11.0 Å². The molecule has 0 saturated carbocycles. The van der Waals surface area contributed by atoms with Crippen molar-refractivity contribution in [3.8, 4) is 5.82 Å². The van der Waals surface area contributed by atoms with E-state index in [4.69, 9.17) is 17.3 Å². The Morgan fingerprint density at radius 3 is 2.81 bits per heavy atom. The maximum Gasteiger partial charge on any atom is 0.224 e. The minimum atomic E-state index is -0.485. The summed E-state index contributed by atoms with van der Waals surface area (Å²) in [5, 5.41) is 7.09. The Balaban J connectivity index is 1.93. The summed E-state index contributed by atoms with van der Waals surface area (Å²) in [5.74, 6) is 0.583. The average molecular weight is 305 g/mol. The zero-order chi connectivity index (χ0) is 14.8. The van der Waals surface area contributed by atoms with Crippen LogP contribution in [-0.4, -0.2) is 19.7 Å². The Morgan fingerprint density at radius 1 is 1.24 bits per heavy atom. The van der Waals surface area contributed by atoms with Crippen LogP contribution in [0.4, 0.5) is 21.8 Å². The van der Waals surface area contributed by atoms with Crippen molar-refractivity contribution in [3.05, 3.63) is 53.6 Å². The van der Waals surface area contributed by atoms with Crippen molar-refractivity contribution in [3.63, 3.8) is 0 Å². The van der Waals surface area contributed by atoms with Gasteiger partial charge in [0, 0.05) is 24.1 Å². The van der Waals surface area contributed by atoms with Crippen molar-refractivity contribution in [1.29, 1.82) is 0 Å². The van der Waals surface area contributed by atoms with E-state index in [2.05, 4.69) is 20.4 Å². The van der Waals surface area contributed by atoms with Gasteiger partial charge in [0.25, 0.3) is 0 Å². The van der Waals surface area contributed by atoms with Gasteiger partial charge in [-0.25, -0.2) is 9.07 Å². The molecule has 2 heterocycles. The van der Waals surface area contributed by atoms with Crippen molar-refractivity contribution >= 4 is 29.1 Å². The lowest BCUT2D eigenvalue weighted by Crippen LogP contribution is -2.05. The minimum Gasteiger partial charge on any atom is -0.368 e. The highest BCUT2D eigenvalue weighted by molar-refractivity contribution is 6.31. The minimum absolute atomic E-state index is 0.0225. The molecule has 2 aromatic heterocycles. The number of nitrogens with two attached hydrogens (primary N) is 1. The fraction of sp³-hybridized carbons (Fsp3) is 0. The number of hydrogen-bond acceptors (Lipinski definition) is 5. The number of hydrogen-bond donors (Lipinski definition) is 2. The van der Waals surface area contributed by atoms with E-state index >= 15 is 0 Å². The molecule has 21 heavy (non-hydrogen) atoms. The zero-order valence-corrected chi connectivity index (χ0v) is 11.4. The van der Waals surface area contributed by atoms with Gasteiger partial charge in [-0.05, 0) is 24.3 Å². The van der Waals surface area contributed by atoms with Gasteiger partial charge in [-0.15, -0.1) is 0 Å². The molecule has 0 spiro atoms. The normalized spacial score (nSPS) is 10.6. The van der Waals surface area contributed by atoms with E-state index in [0.717, 1.165) is 0 Å². The maximum atomic E-state index is 13.1. The second kappa shape index (κ2) is 5.37. The molecule has 0 atom stereocenters. The Labute approximate surface area is 124 Å². The van der Waals surface area contributed by atoms with Gasteiger partial charge in [-0.2, -0.15) is 15.1 Å². The number of anilines is 3. The van der Waals surface area contributed by atoms with E-state index < -0.39 is 5.82 Å². The second-order valence-electron chi connectivity index (χ2n) is 4.17. The molecule has 0 aliphatic heterocycles. The molecule has 0 aliphatic carbocycles. The van der Waals surface area contributed by atoms with Gasteiger partial charge in [0.15, 0.2) is 5.82 Å². The van der Waals surface area contributed by atoms with E-state index in [0.29, 0.717) is 17.3 Å². The standard InChI is InChI=1S/C13H10ClFN6/c14-9-6-8(2-3-10(9)15)18-11-7-12(20-13(16)19-11)21-5-1-4-17-21/h1-7H,(H3,16,18,19,20). The molecule has 106 valence electrons. The largest absolute Gasteiger partial charge is 0.368 e. The molecule has 0 saturated heterocycles. The average Bonchev–Trinajstić information content (AvgIpc) is 2.96. The Hall–Kier alpha value is -2.67. The highest BCUT2D eigenvalue weighted by Gasteiger charge is 2.06. The Kier molecular flexibility index (Phi) is 3.41. The molecular formula is C13H10ClFN6. The summed E-state index contributed by atoms with van der Waals surface area (Å²) in [6.07, 6.45) is 3.37. The quantitative estimate of drug-likeness (QED) is 0.777. The third kappa shape index (κ3) is 2.92. The van der Waals surface area contributed by atoms with Crippen LogP contribution in [0.3, 0.4) is 0 Å². The van der Waals surface area contributed by atoms with Gasteiger partial charge in [0.2, 0.25) is 5.95 Å². The van der Waals surface area contributed by atoms with Gasteiger partial charge in [0.05, 0.1) is 5.02 Å². The topological polar surface area (TPSA) is 81.6 Å². The van der Waals surface area contributed by atoms with Crippen molar-refractivity contribution < 1.29 is 4.39 Å². The number of nitrogens with zero attached hydrogens (tertiary/aromatic N) is 4. The van der Waals surface area contributed by atoms with Crippen molar-refractivity contribution in [2.45, 2.75) is 0 Å². The third-order valence-electron chi connectivity index (χ3n) is 2.66. The zero-order valence-electron chi connectivity index (χ0n) is 10.7. The number of halogens is 2. The molecule has 0 amide bonds. The summed E-state index contributed by atoms with van der Waals surface area (Å²) >= 11 is 5.74. The number of benzene rings is 1. The summed E-state index contributed by atoms with van der Waals surface area (Å²) in [6, 6.07) is 7.71. The fourth-order valence-electron chi connectivity index (χ4n) is 1.76. The predicted octanol–water partition coefficient (Wildman–Crippen LogP) is 2.78. The first-order valence-corrected chi connectivity index (χ1v) is 6.36. The maximum absolute atomic E-state index is 13.1. The molecule has 0 radical (unpaired) electrons. The Morgan fingerprint density at radius 2 is 2.10 bits per heavy atom. The van der Waals surface area contributed by atoms with Crippen LogP contribution in [0.5, 0.6) is 0 Å². The van der Waals surface area contributed by atoms with E-state index in [1.807, 2.05) is 0 Å². The van der Waals surface area contributed by atoms with Crippen LogP contribution in [0, 0.1) is 5.82 Å². The lowest BCUT2D eigenvalue weighted by atomic mass is 10.3. The number of nitrogen functional groups attached to an aromatic ring is 1. The highest BCUT2D eigenvalue weighted by atomic mass is 35.5. The van der Waals surface area contributed by atoms with E-state index in [9.17, 15) is 4.39 Å². The molecule has 0 bridgehead atoms. The fourth-order valence-corrected chi connectivity index (χ4v) is 1.94. The van der Waals surface area contributed by atoms with Crippen LogP contribution in [-0.2, 0) is 0 Å². The Bertz CT molecular complexity index is 774. The van der Waals surface area contributed by atoms with Crippen molar-refractivity contribution in [2.24, 2.45) is 0 Å². The van der Waals surface area contributed by atoms with Crippen LogP contribution < -0.4 is 11.1 Å². The SMILES string of the molecule is Nc1nc(Nc2ccc(F)c(Cl)c2)cc(-n2cccn2)n1. The van der Waals surface area contributed by atoms with Crippen molar-refractivity contribution in [1.82, 2.24) is 19.7 Å². The summed E-state index contributed by atoms with van der Waals surface area (Å²) in [6.45, 7) is 0. The molecule has 3 N–H and O–H groups in total. The first-order chi connectivity index (χ1) is 10.1.